The lowest BCUT2D eigenvalue weighted by Gasteiger charge is -2.34. The van der Waals surface area contributed by atoms with Crippen LogP contribution in [0.2, 0.25) is 0 Å². The Morgan fingerprint density at radius 2 is 1.97 bits per heavy atom. The molecule has 1 amide bonds. The second-order valence-corrected chi connectivity index (χ2v) is 8.79. The lowest BCUT2D eigenvalue weighted by atomic mass is 9.99. The molecule has 1 fully saturated rings. The summed E-state index contributed by atoms with van der Waals surface area (Å²) in [5.74, 6) is 0.864. The Hall–Kier alpha value is -3.48. The van der Waals surface area contributed by atoms with Gasteiger partial charge in [-0.2, -0.15) is 5.10 Å². The molecular weight excluding hydrogens is 400 g/mol. The van der Waals surface area contributed by atoms with Gasteiger partial charge in [0.1, 0.15) is 5.82 Å². The minimum atomic E-state index is -0.0719. The number of likely N-dealkylation sites (tertiary alicyclic amines) is 1. The van der Waals surface area contributed by atoms with Gasteiger partial charge in [0.15, 0.2) is 5.65 Å². The second-order valence-electron chi connectivity index (χ2n) is 8.79. The molecule has 1 atom stereocenters. The van der Waals surface area contributed by atoms with Crippen LogP contribution in [0.1, 0.15) is 67.1 Å². The summed E-state index contributed by atoms with van der Waals surface area (Å²) in [4.78, 5) is 28.6. The van der Waals surface area contributed by atoms with Crippen molar-refractivity contribution in [3.05, 3.63) is 65.9 Å². The lowest BCUT2D eigenvalue weighted by molar-refractivity contribution is 0.0603. The first-order valence-corrected chi connectivity index (χ1v) is 11.3. The van der Waals surface area contributed by atoms with Crippen LogP contribution in [0.4, 0.5) is 0 Å². The van der Waals surface area contributed by atoms with Crippen molar-refractivity contribution in [3.8, 4) is 11.3 Å². The second kappa shape index (κ2) is 8.22. The number of aromatic nitrogens is 5. The van der Waals surface area contributed by atoms with Gasteiger partial charge in [0, 0.05) is 18.3 Å². The van der Waals surface area contributed by atoms with E-state index in [0.717, 1.165) is 53.1 Å². The quantitative estimate of drug-likeness (QED) is 0.492. The Bertz CT molecular complexity index is 1260. The fourth-order valence-corrected chi connectivity index (χ4v) is 4.58. The molecule has 0 unspecified atom stereocenters. The summed E-state index contributed by atoms with van der Waals surface area (Å²) in [6.07, 6.45) is 6.60. The monoisotopic (exact) mass is 428 g/mol. The Morgan fingerprint density at radius 1 is 1.16 bits per heavy atom. The maximum atomic E-state index is 13.8. The zero-order valence-corrected chi connectivity index (χ0v) is 18.7. The van der Waals surface area contributed by atoms with Crippen molar-refractivity contribution in [2.75, 3.05) is 6.54 Å². The Balaban J connectivity index is 1.51. The number of carbonyl (C=O) groups is 1. The highest BCUT2D eigenvalue weighted by molar-refractivity contribution is 6.05. The average molecular weight is 429 g/mol. The highest BCUT2D eigenvalue weighted by Gasteiger charge is 2.32. The molecule has 1 saturated heterocycles. The Morgan fingerprint density at radius 3 is 2.75 bits per heavy atom. The predicted octanol–water partition coefficient (Wildman–Crippen LogP) is 5.08. The molecule has 0 bridgehead atoms. The topological polar surface area (TPSA) is 79.7 Å². The van der Waals surface area contributed by atoms with Gasteiger partial charge in [-0.25, -0.2) is 14.6 Å². The normalized spacial score (nSPS) is 16.8. The number of rotatable bonds is 4. The van der Waals surface area contributed by atoms with Crippen LogP contribution in [0.3, 0.4) is 0 Å². The zero-order valence-electron chi connectivity index (χ0n) is 18.7. The van der Waals surface area contributed by atoms with Gasteiger partial charge in [0.25, 0.3) is 5.91 Å². The van der Waals surface area contributed by atoms with E-state index in [-0.39, 0.29) is 18.0 Å². The van der Waals surface area contributed by atoms with E-state index in [9.17, 15) is 4.79 Å². The third-order valence-electron chi connectivity index (χ3n) is 6.17. The molecule has 1 N–H and O–H groups in total. The van der Waals surface area contributed by atoms with Crippen molar-refractivity contribution in [2.24, 2.45) is 0 Å². The summed E-state index contributed by atoms with van der Waals surface area (Å²) in [7, 11) is 0. The average Bonchev–Trinajstić information content (AvgIpc) is 3.46. The molecule has 32 heavy (non-hydrogen) atoms. The van der Waals surface area contributed by atoms with Gasteiger partial charge in [-0.1, -0.05) is 30.3 Å². The SMILES string of the molecule is Cc1cc(C(=O)N2CCCC[C@@H]2c2ncc(-c3ccccc3)[nH]2)c2cnn(C(C)C)c2n1. The number of aryl methyl sites for hydroxylation is 1. The predicted molar refractivity (Wildman–Crippen MR) is 124 cm³/mol. The number of hydrogen-bond donors (Lipinski definition) is 1. The third-order valence-corrected chi connectivity index (χ3v) is 6.17. The molecule has 3 aromatic heterocycles. The summed E-state index contributed by atoms with van der Waals surface area (Å²) in [5.41, 5.74) is 4.31. The number of H-pyrrole nitrogens is 1. The molecular formula is C25H28N6O. The minimum absolute atomic E-state index is 0.0196. The number of nitrogens with zero attached hydrogens (tertiary/aromatic N) is 5. The highest BCUT2D eigenvalue weighted by atomic mass is 16.2. The van der Waals surface area contributed by atoms with Crippen molar-refractivity contribution in [1.29, 1.82) is 0 Å². The number of benzene rings is 1. The number of piperidine rings is 1. The van der Waals surface area contributed by atoms with E-state index in [2.05, 4.69) is 46.0 Å². The summed E-state index contributed by atoms with van der Waals surface area (Å²) in [6, 6.07) is 12.1. The van der Waals surface area contributed by atoms with E-state index >= 15 is 0 Å². The van der Waals surface area contributed by atoms with Crippen LogP contribution in [0.15, 0.2) is 48.8 Å². The molecule has 0 saturated carbocycles. The highest BCUT2D eigenvalue weighted by Crippen LogP contribution is 2.33. The summed E-state index contributed by atoms with van der Waals surface area (Å²) in [6.45, 7) is 6.78. The van der Waals surface area contributed by atoms with E-state index in [0.29, 0.717) is 12.1 Å². The maximum absolute atomic E-state index is 13.8. The Kier molecular flexibility index (Phi) is 5.25. The molecule has 4 aromatic rings. The van der Waals surface area contributed by atoms with Crippen LogP contribution in [0.5, 0.6) is 0 Å². The number of aromatic amines is 1. The number of fused-ring (bicyclic) bond motifs is 1. The first-order chi connectivity index (χ1) is 15.5. The molecule has 1 aromatic carbocycles. The fourth-order valence-electron chi connectivity index (χ4n) is 4.58. The lowest BCUT2D eigenvalue weighted by Crippen LogP contribution is -2.39. The van der Waals surface area contributed by atoms with E-state index in [1.165, 1.54) is 0 Å². The molecule has 164 valence electrons. The molecule has 7 nitrogen and oxygen atoms in total. The number of nitrogens with one attached hydrogen (secondary N) is 1. The van der Waals surface area contributed by atoms with Crippen LogP contribution >= 0.6 is 0 Å². The molecule has 1 aliphatic rings. The van der Waals surface area contributed by atoms with Gasteiger partial charge in [-0.3, -0.25) is 4.79 Å². The number of pyridine rings is 1. The number of carbonyl (C=O) groups excluding carboxylic acids is 1. The van der Waals surface area contributed by atoms with Gasteiger partial charge in [-0.05, 0) is 51.7 Å². The summed E-state index contributed by atoms with van der Waals surface area (Å²) < 4.78 is 1.88. The number of amides is 1. The third kappa shape index (κ3) is 3.57. The molecule has 0 radical (unpaired) electrons. The van der Waals surface area contributed by atoms with Crippen LogP contribution in [-0.4, -0.2) is 42.1 Å². The van der Waals surface area contributed by atoms with Crippen molar-refractivity contribution in [1.82, 2.24) is 29.6 Å². The molecule has 5 rings (SSSR count). The molecule has 0 aliphatic carbocycles. The molecule has 4 heterocycles. The minimum Gasteiger partial charge on any atom is -0.340 e. The van der Waals surface area contributed by atoms with E-state index in [4.69, 9.17) is 0 Å². The van der Waals surface area contributed by atoms with Crippen molar-refractivity contribution >= 4 is 16.9 Å². The Labute approximate surface area is 187 Å². The molecule has 0 spiro atoms. The molecule has 1 aliphatic heterocycles. The molecule has 7 heteroatoms. The first kappa shape index (κ1) is 20.4. The largest absolute Gasteiger partial charge is 0.340 e. The fraction of sp³-hybridized carbons (Fsp3) is 0.360. The van der Waals surface area contributed by atoms with Gasteiger partial charge in [0.2, 0.25) is 0 Å². The van der Waals surface area contributed by atoms with E-state index in [1.54, 1.807) is 6.20 Å². The van der Waals surface area contributed by atoms with Crippen molar-refractivity contribution in [3.63, 3.8) is 0 Å². The number of imidazole rings is 1. The zero-order chi connectivity index (χ0) is 22.2. The van der Waals surface area contributed by atoms with Crippen LogP contribution < -0.4 is 0 Å². The standard InChI is InChI=1S/C25H28N6O/c1-16(2)31-24-20(14-27-31)19(13-17(3)28-24)25(32)30-12-8-7-11-22(30)23-26-15-21(29-23)18-9-5-4-6-10-18/h4-6,9-10,13-16,22H,7-8,11-12H2,1-3H3,(H,26,29)/t22-/m1/s1. The summed E-state index contributed by atoms with van der Waals surface area (Å²) in [5, 5.41) is 5.31. The van der Waals surface area contributed by atoms with Crippen LogP contribution in [0.25, 0.3) is 22.3 Å². The van der Waals surface area contributed by atoms with Crippen LogP contribution in [-0.2, 0) is 0 Å². The van der Waals surface area contributed by atoms with Gasteiger partial charge >= 0.3 is 0 Å². The number of hydrogen-bond acceptors (Lipinski definition) is 4. The van der Waals surface area contributed by atoms with Crippen molar-refractivity contribution in [2.45, 2.75) is 52.1 Å². The maximum Gasteiger partial charge on any atom is 0.255 e. The van der Waals surface area contributed by atoms with E-state index in [1.807, 2.05) is 47.0 Å². The van der Waals surface area contributed by atoms with Crippen molar-refractivity contribution < 1.29 is 4.79 Å². The smallest absolute Gasteiger partial charge is 0.255 e. The summed E-state index contributed by atoms with van der Waals surface area (Å²) >= 11 is 0. The van der Waals surface area contributed by atoms with E-state index < -0.39 is 0 Å². The van der Waals surface area contributed by atoms with Gasteiger partial charge in [0.05, 0.1) is 35.1 Å². The first-order valence-electron chi connectivity index (χ1n) is 11.3. The van der Waals surface area contributed by atoms with Gasteiger partial charge in [-0.15, -0.1) is 0 Å². The van der Waals surface area contributed by atoms with Crippen LogP contribution in [0, 0.1) is 6.92 Å². The van der Waals surface area contributed by atoms with Gasteiger partial charge < -0.3 is 9.88 Å².